The third-order valence-corrected chi connectivity index (χ3v) is 2.29. The van der Waals surface area contributed by atoms with Crippen LogP contribution in [0.1, 0.15) is 16.1 Å². The standard InChI is InChI=1S/C11H8F2N2O2/c12-8-3-1-2-7(10(8)13)6-15-9(11(16)17)4-5-14-15/h1-5H,6H2,(H,16,17). The molecule has 2 aromatic rings. The van der Waals surface area contributed by atoms with Crippen molar-refractivity contribution in [2.75, 3.05) is 0 Å². The molecule has 1 heterocycles. The molecule has 0 aliphatic carbocycles. The number of aromatic carboxylic acids is 1. The Morgan fingerprint density at radius 1 is 1.35 bits per heavy atom. The molecule has 1 N–H and O–H groups in total. The molecule has 0 radical (unpaired) electrons. The van der Waals surface area contributed by atoms with Crippen molar-refractivity contribution in [2.45, 2.75) is 6.54 Å². The second-order valence-corrected chi connectivity index (χ2v) is 3.39. The summed E-state index contributed by atoms with van der Waals surface area (Å²) in [7, 11) is 0. The highest BCUT2D eigenvalue weighted by atomic mass is 19.2. The van der Waals surface area contributed by atoms with Crippen LogP contribution in [0.5, 0.6) is 0 Å². The molecule has 0 saturated heterocycles. The molecule has 88 valence electrons. The molecule has 6 heteroatoms. The SMILES string of the molecule is O=C(O)c1ccnn1Cc1cccc(F)c1F. The molecular weight excluding hydrogens is 230 g/mol. The molecule has 0 fully saturated rings. The Morgan fingerprint density at radius 2 is 2.12 bits per heavy atom. The van der Waals surface area contributed by atoms with Crippen LogP contribution in [-0.2, 0) is 6.54 Å². The molecule has 0 saturated carbocycles. The highest BCUT2D eigenvalue weighted by Crippen LogP contribution is 2.13. The minimum absolute atomic E-state index is 0.0520. The van der Waals surface area contributed by atoms with Crippen LogP contribution in [0.15, 0.2) is 30.5 Å². The lowest BCUT2D eigenvalue weighted by Crippen LogP contribution is -2.12. The number of carbonyl (C=O) groups is 1. The third kappa shape index (κ3) is 2.15. The maximum absolute atomic E-state index is 13.4. The number of aromatic nitrogens is 2. The van der Waals surface area contributed by atoms with Crippen molar-refractivity contribution in [3.8, 4) is 0 Å². The van der Waals surface area contributed by atoms with Gasteiger partial charge in [0.2, 0.25) is 0 Å². The lowest BCUT2D eigenvalue weighted by atomic mass is 10.2. The summed E-state index contributed by atoms with van der Waals surface area (Å²) in [6, 6.07) is 5.03. The summed E-state index contributed by atoms with van der Waals surface area (Å²) in [6.45, 7) is -0.127. The monoisotopic (exact) mass is 238 g/mol. The fourth-order valence-corrected chi connectivity index (χ4v) is 1.47. The largest absolute Gasteiger partial charge is 0.477 e. The number of hydrogen-bond donors (Lipinski definition) is 1. The molecule has 2 rings (SSSR count). The van der Waals surface area contributed by atoms with Crippen LogP contribution in [0, 0.1) is 11.6 Å². The molecule has 0 atom stereocenters. The van der Waals surface area contributed by atoms with E-state index in [4.69, 9.17) is 5.11 Å². The number of halogens is 2. The van der Waals surface area contributed by atoms with E-state index in [0.29, 0.717) is 0 Å². The maximum atomic E-state index is 13.4. The molecule has 0 amide bonds. The minimum Gasteiger partial charge on any atom is -0.477 e. The Kier molecular flexibility index (Phi) is 2.86. The minimum atomic E-state index is -1.17. The quantitative estimate of drug-likeness (QED) is 0.888. The molecule has 0 bridgehead atoms. The Hall–Kier alpha value is -2.24. The first kappa shape index (κ1) is 11.3. The van der Waals surface area contributed by atoms with Crippen LogP contribution < -0.4 is 0 Å². The zero-order chi connectivity index (χ0) is 12.4. The van der Waals surface area contributed by atoms with Gasteiger partial charge in [-0.2, -0.15) is 5.10 Å². The highest BCUT2D eigenvalue weighted by molar-refractivity contribution is 5.85. The van der Waals surface area contributed by atoms with E-state index < -0.39 is 17.6 Å². The first-order valence-corrected chi connectivity index (χ1v) is 4.77. The lowest BCUT2D eigenvalue weighted by molar-refractivity contribution is 0.0684. The number of rotatable bonds is 3. The van der Waals surface area contributed by atoms with Crippen molar-refractivity contribution in [1.82, 2.24) is 9.78 Å². The second-order valence-electron chi connectivity index (χ2n) is 3.39. The van der Waals surface area contributed by atoms with Crippen LogP contribution >= 0.6 is 0 Å². The maximum Gasteiger partial charge on any atom is 0.354 e. The molecule has 0 aliphatic rings. The molecule has 0 spiro atoms. The number of carboxylic acids is 1. The molecule has 17 heavy (non-hydrogen) atoms. The van der Waals surface area contributed by atoms with Crippen molar-refractivity contribution in [1.29, 1.82) is 0 Å². The summed E-state index contributed by atoms with van der Waals surface area (Å²) in [4.78, 5) is 10.8. The molecular formula is C11H8F2N2O2. The number of carboxylic acid groups (broad SMARTS) is 1. The smallest absolute Gasteiger partial charge is 0.354 e. The molecule has 1 aromatic carbocycles. The average Bonchev–Trinajstić information content (AvgIpc) is 2.73. The van der Waals surface area contributed by atoms with Gasteiger partial charge in [0.1, 0.15) is 5.69 Å². The van der Waals surface area contributed by atoms with Gasteiger partial charge >= 0.3 is 5.97 Å². The third-order valence-electron chi connectivity index (χ3n) is 2.29. The van der Waals surface area contributed by atoms with Gasteiger partial charge < -0.3 is 5.11 Å². The zero-order valence-corrected chi connectivity index (χ0v) is 8.60. The fourth-order valence-electron chi connectivity index (χ4n) is 1.47. The van der Waals surface area contributed by atoms with E-state index in [1.54, 1.807) is 0 Å². The topological polar surface area (TPSA) is 55.1 Å². The van der Waals surface area contributed by atoms with Gasteiger partial charge in [0.05, 0.1) is 6.54 Å². The van der Waals surface area contributed by atoms with Gasteiger partial charge in [0, 0.05) is 11.8 Å². The van der Waals surface area contributed by atoms with Gasteiger partial charge in [-0.25, -0.2) is 13.6 Å². The van der Waals surface area contributed by atoms with Gasteiger partial charge in [0.15, 0.2) is 11.6 Å². The van der Waals surface area contributed by atoms with Crippen LogP contribution in [0.2, 0.25) is 0 Å². The van der Waals surface area contributed by atoms with Gasteiger partial charge in [0.25, 0.3) is 0 Å². The van der Waals surface area contributed by atoms with Crippen molar-refractivity contribution < 1.29 is 18.7 Å². The Balaban J connectivity index is 2.35. The van der Waals surface area contributed by atoms with Crippen molar-refractivity contribution in [2.24, 2.45) is 0 Å². The van der Waals surface area contributed by atoms with Crippen molar-refractivity contribution in [3.63, 3.8) is 0 Å². The summed E-state index contributed by atoms with van der Waals surface area (Å²) in [5.41, 5.74) is -0.0233. The van der Waals surface area contributed by atoms with Gasteiger partial charge in [-0.1, -0.05) is 12.1 Å². The van der Waals surface area contributed by atoms with E-state index >= 15 is 0 Å². The number of benzene rings is 1. The van der Waals surface area contributed by atoms with Crippen LogP contribution in [-0.4, -0.2) is 20.9 Å². The van der Waals surface area contributed by atoms with Gasteiger partial charge in [-0.3, -0.25) is 4.68 Å². The van der Waals surface area contributed by atoms with E-state index in [9.17, 15) is 13.6 Å². The van der Waals surface area contributed by atoms with Gasteiger partial charge in [-0.15, -0.1) is 0 Å². The Labute approximate surface area is 95.1 Å². The van der Waals surface area contributed by atoms with Crippen molar-refractivity contribution >= 4 is 5.97 Å². The van der Waals surface area contributed by atoms with E-state index in [2.05, 4.69) is 5.10 Å². The molecule has 0 aliphatic heterocycles. The van der Waals surface area contributed by atoms with E-state index in [0.717, 1.165) is 10.7 Å². The average molecular weight is 238 g/mol. The van der Waals surface area contributed by atoms with Gasteiger partial charge in [-0.05, 0) is 12.1 Å². The fraction of sp³-hybridized carbons (Fsp3) is 0.0909. The van der Waals surface area contributed by atoms with Crippen LogP contribution in [0.4, 0.5) is 8.78 Å². The van der Waals surface area contributed by atoms with E-state index in [1.165, 1.54) is 24.4 Å². The van der Waals surface area contributed by atoms with Crippen LogP contribution in [0.3, 0.4) is 0 Å². The number of hydrogen-bond acceptors (Lipinski definition) is 2. The summed E-state index contributed by atoms with van der Waals surface area (Å²) >= 11 is 0. The molecule has 0 unspecified atom stereocenters. The predicted molar refractivity (Wildman–Crippen MR) is 54.6 cm³/mol. The predicted octanol–water partition coefficient (Wildman–Crippen LogP) is 1.91. The Morgan fingerprint density at radius 3 is 2.82 bits per heavy atom. The second kappa shape index (κ2) is 4.32. The summed E-state index contributed by atoms with van der Waals surface area (Å²) in [5, 5.41) is 12.6. The van der Waals surface area contributed by atoms with Crippen molar-refractivity contribution in [3.05, 3.63) is 53.4 Å². The highest BCUT2D eigenvalue weighted by Gasteiger charge is 2.13. The Bertz CT molecular complexity index is 566. The summed E-state index contributed by atoms with van der Waals surface area (Å²) in [6.07, 6.45) is 1.29. The first-order valence-electron chi connectivity index (χ1n) is 4.77. The molecule has 1 aromatic heterocycles. The summed E-state index contributed by atoms with van der Waals surface area (Å²) in [5.74, 6) is -3.12. The molecule has 4 nitrogen and oxygen atoms in total. The van der Waals surface area contributed by atoms with E-state index in [1.807, 2.05) is 0 Å². The zero-order valence-electron chi connectivity index (χ0n) is 8.60. The normalized spacial score (nSPS) is 10.5. The lowest BCUT2D eigenvalue weighted by Gasteiger charge is -2.06. The first-order chi connectivity index (χ1) is 8.09. The number of nitrogens with zero attached hydrogens (tertiary/aromatic N) is 2. The van der Waals surface area contributed by atoms with Crippen LogP contribution in [0.25, 0.3) is 0 Å². The van der Waals surface area contributed by atoms with E-state index in [-0.39, 0.29) is 17.8 Å². The summed E-state index contributed by atoms with van der Waals surface area (Å²) < 4.78 is 27.4.